The molecule has 0 bridgehead atoms. The van der Waals surface area contributed by atoms with Gasteiger partial charge in [-0.3, -0.25) is 0 Å². The first-order valence-electron chi connectivity index (χ1n) is 6.08. The van der Waals surface area contributed by atoms with Gasteiger partial charge in [0.15, 0.2) is 0 Å². The van der Waals surface area contributed by atoms with Crippen molar-refractivity contribution in [2.45, 2.75) is 26.3 Å². The number of hydrogen-bond donors (Lipinski definition) is 1. The molecule has 0 saturated carbocycles. The fourth-order valence-corrected chi connectivity index (χ4v) is 2.40. The average molecular weight is 228 g/mol. The van der Waals surface area contributed by atoms with Crippen LogP contribution in [-0.4, -0.2) is 14.7 Å². The Morgan fingerprint density at radius 3 is 3.00 bits per heavy atom. The van der Waals surface area contributed by atoms with Gasteiger partial charge in [0.1, 0.15) is 11.6 Å². The first-order valence-corrected chi connectivity index (χ1v) is 6.08. The zero-order chi connectivity index (χ0) is 11.8. The fourth-order valence-electron chi connectivity index (χ4n) is 2.40. The van der Waals surface area contributed by atoms with Gasteiger partial charge in [0.25, 0.3) is 0 Å². The molecule has 0 amide bonds. The van der Waals surface area contributed by atoms with Crippen molar-refractivity contribution in [2.24, 2.45) is 5.92 Å². The van der Waals surface area contributed by atoms with Crippen molar-refractivity contribution in [3.63, 3.8) is 0 Å². The number of aryl methyl sites for hydroxylation is 1. The lowest BCUT2D eigenvalue weighted by Gasteiger charge is -2.18. The van der Waals surface area contributed by atoms with E-state index in [0.29, 0.717) is 11.7 Å². The van der Waals surface area contributed by atoms with Gasteiger partial charge in [-0.2, -0.15) is 0 Å². The summed E-state index contributed by atoms with van der Waals surface area (Å²) in [6, 6.07) is 7.37. The molecular formula is C14H16N2O. The van der Waals surface area contributed by atoms with Gasteiger partial charge < -0.3 is 9.67 Å². The monoisotopic (exact) mass is 228 g/mol. The predicted molar refractivity (Wildman–Crippen MR) is 66.8 cm³/mol. The number of aromatic nitrogens is 2. The Morgan fingerprint density at radius 2 is 2.18 bits per heavy atom. The van der Waals surface area contributed by atoms with E-state index in [1.807, 2.05) is 18.2 Å². The molecule has 2 aromatic rings. The quantitative estimate of drug-likeness (QED) is 0.815. The molecule has 3 heteroatoms. The van der Waals surface area contributed by atoms with Gasteiger partial charge in [-0.1, -0.05) is 19.1 Å². The lowest BCUT2D eigenvalue weighted by atomic mass is 10.0. The van der Waals surface area contributed by atoms with Gasteiger partial charge in [-0.15, -0.1) is 0 Å². The van der Waals surface area contributed by atoms with E-state index in [4.69, 9.17) is 0 Å². The Balaban J connectivity index is 2.03. The minimum absolute atomic E-state index is 0.302. The third kappa shape index (κ3) is 1.82. The normalized spacial score (nSPS) is 19.0. The summed E-state index contributed by atoms with van der Waals surface area (Å²) < 4.78 is 2.21. The average Bonchev–Trinajstić information content (AvgIpc) is 2.72. The maximum absolute atomic E-state index is 9.83. The molecule has 1 aromatic heterocycles. The standard InChI is InChI=1S/C14H16N2O/c1-10-6-7-16-9-12(15-14(16)8-10)11-4-2-3-5-13(11)17/h2-5,9-10,17H,6-8H2,1H3. The molecule has 1 aliphatic heterocycles. The van der Waals surface area contributed by atoms with Crippen LogP contribution in [0.15, 0.2) is 30.5 Å². The number of para-hydroxylation sites is 1. The third-order valence-electron chi connectivity index (χ3n) is 3.43. The minimum atomic E-state index is 0.302. The molecule has 88 valence electrons. The Kier molecular flexibility index (Phi) is 2.39. The number of nitrogens with zero attached hydrogens (tertiary/aromatic N) is 2. The van der Waals surface area contributed by atoms with Crippen LogP contribution >= 0.6 is 0 Å². The van der Waals surface area contributed by atoms with Crippen molar-refractivity contribution in [3.8, 4) is 17.0 Å². The number of imidazole rings is 1. The van der Waals surface area contributed by atoms with Crippen LogP contribution < -0.4 is 0 Å². The van der Waals surface area contributed by atoms with E-state index in [1.165, 1.54) is 6.42 Å². The molecule has 1 N–H and O–H groups in total. The molecule has 17 heavy (non-hydrogen) atoms. The number of benzene rings is 1. The third-order valence-corrected chi connectivity index (χ3v) is 3.43. The summed E-state index contributed by atoms with van der Waals surface area (Å²) in [5, 5.41) is 9.83. The van der Waals surface area contributed by atoms with Crippen LogP contribution in [-0.2, 0) is 13.0 Å². The summed E-state index contributed by atoms with van der Waals surface area (Å²) in [6.07, 6.45) is 4.30. The number of phenolic OH excluding ortho intramolecular Hbond substituents is 1. The lowest BCUT2D eigenvalue weighted by molar-refractivity contribution is 0.409. The van der Waals surface area contributed by atoms with Crippen LogP contribution in [0.25, 0.3) is 11.3 Å². The number of fused-ring (bicyclic) bond motifs is 1. The van der Waals surface area contributed by atoms with E-state index in [0.717, 1.165) is 30.0 Å². The number of phenols is 1. The first kappa shape index (κ1) is 10.4. The highest BCUT2D eigenvalue weighted by molar-refractivity contribution is 5.66. The highest BCUT2D eigenvalue weighted by atomic mass is 16.3. The van der Waals surface area contributed by atoms with Crippen molar-refractivity contribution < 1.29 is 5.11 Å². The Bertz CT molecular complexity index is 545. The highest BCUT2D eigenvalue weighted by Gasteiger charge is 2.18. The predicted octanol–water partition coefficient (Wildman–Crippen LogP) is 2.84. The van der Waals surface area contributed by atoms with Crippen LogP contribution in [0.3, 0.4) is 0 Å². The van der Waals surface area contributed by atoms with Gasteiger partial charge in [0, 0.05) is 24.7 Å². The van der Waals surface area contributed by atoms with Crippen molar-refractivity contribution >= 4 is 0 Å². The topological polar surface area (TPSA) is 38.0 Å². The van der Waals surface area contributed by atoms with Gasteiger partial charge in [-0.25, -0.2) is 4.98 Å². The van der Waals surface area contributed by atoms with E-state index >= 15 is 0 Å². The molecule has 1 atom stereocenters. The van der Waals surface area contributed by atoms with Crippen LogP contribution in [0.2, 0.25) is 0 Å². The molecule has 3 rings (SSSR count). The van der Waals surface area contributed by atoms with Gasteiger partial charge in [0.05, 0.1) is 5.69 Å². The second-order valence-electron chi connectivity index (χ2n) is 4.85. The zero-order valence-corrected chi connectivity index (χ0v) is 9.93. The highest BCUT2D eigenvalue weighted by Crippen LogP contribution is 2.30. The smallest absolute Gasteiger partial charge is 0.125 e. The van der Waals surface area contributed by atoms with Crippen molar-refractivity contribution in [2.75, 3.05) is 0 Å². The molecule has 1 aliphatic rings. The van der Waals surface area contributed by atoms with E-state index in [-0.39, 0.29) is 0 Å². The second-order valence-corrected chi connectivity index (χ2v) is 4.85. The molecule has 1 unspecified atom stereocenters. The largest absolute Gasteiger partial charge is 0.507 e. The fraction of sp³-hybridized carbons (Fsp3) is 0.357. The number of rotatable bonds is 1. The summed E-state index contributed by atoms with van der Waals surface area (Å²) in [4.78, 5) is 4.64. The maximum atomic E-state index is 9.83. The summed E-state index contributed by atoms with van der Waals surface area (Å²) in [6.45, 7) is 3.30. The minimum Gasteiger partial charge on any atom is -0.507 e. The van der Waals surface area contributed by atoms with Crippen molar-refractivity contribution in [1.29, 1.82) is 0 Å². The summed E-state index contributed by atoms with van der Waals surface area (Å²) >= 11 is 0. The molecule has 3 nitrogen and oxygen atoms in total. The molecule has 0 radical (unpaired) electrons. The van der Waals surface area contributed by atoms with Crippen LogP contribution in [0.1, 0.15) is 19.2 Å². The lowest BCUT2D eigenvalue weighted by Crippen LogP contribution is -2.16. The number of aromatic hydroxyl groups is 1. The molecular weight excluding hydrogens is 212 g/mol. The van der Waals surface area contributed by atoms with Crippen LogP contribution in [0.5, 0.6) is 5.75 Å². The van der Waals surface area contributed by atoms with Gasteiger partial charge in [-0.05, 0) is 24.5 Å². The van der Waals surface area contributed by atoms with Crippen LogP contribution in [0.4, 0.5) is 0 Å². The Morgan fingerprint density at radius 1 is 1.35 bits per heavy atom. The molecule has 1 aromatic carbocycles. The molecule has 0 spiro atoms. The SMILES string of the molecule is CC1CCn2cc(-c3ccccc3O)nc2C1. The maximum Gasteiger partial charge on any atom is 0.125 e. The zero-order valence-electron chi connectivity index (χ0n) is 9.93. The van der Waals surface area contributed by atoms with E-state index in [9.17, 15) is 5.11 Å². The van der Waals surface area contributed by atoms with Gasteiger partial charge in [0.2, 0.25) is 0 Å². The van der Waals surface area contributed by atoms with Gasteiger partial charge >= 0.3 is 0 Å². The number of hydrogen-bond acceptors (Lipinski definition) is 2. The first-order chi connectivity index (χ1) is 8.24. The Labute approximate surface area is 101 Å². The summed E-state index contributed by atoms with van der Waals surface area (Å²) in [7, 11) is 0. The van der Waals surface area contributed by atoms with Crippen LogP contribution in [0, 0.1) is 5.92 Å². The van der Waals surface area contributed by atoms with E-state index < -0.39 is 0 Å². The van der Waals surface area contributed by atoms with Crippen molar-refractivity contribution in [3.05, 3.63) is 36.3 Å². The van der Waals surface area contributed by atoms with Crippen molar-refractivity contribution in [1.82, 2.24) is 9.55 Å². The molecule has 0 aliphatic carbocycles. The molecule has 2 heterocycles. The summed E-state index contributed by atoms with van der Waals surface area (Å²) in [5.41, 5.74) is 1.70. The Hall–Kier alpha value is -1.77. The van der Waals surface area contributed by atoms with E-state index in [1.54, 1.807) is 6.07 Å². The second kappa shape index (κ2) is 3.91. The summed E-state index contributed by atoms with van der Waals surface area (Å²) in [5.74, 6) is 2.15. The molecule has 0 saturated heterocycles. The van der Waals surface area contributed by atoms with E-state index in [2.05, 4.69) is 22.7 Å². The molecule has 0 fully saturated rings.